The number of hydrogen-bond acceptors (Lipinski definition) is 7. The minimum absolute atomic E-state index is 0.238. The van der Waals surface area contributed by atoms with Gasteiger partial charge in [-0.1, -0.05) is 42.5 Å². The molecule has 0 spiro atoms. The van der Waals surface area contributed by atoms with Crippen LogP contribution in [0.3, 0.4) is 0 Å². The zero-order valence-electron chi connectivity index (χ0n) is 20.1. The number of piperazine rings is 1. The van der Waals surface area contributed by atoms with E-state index < -0.39 is 0 Å². The summed E-state index contributed by atoms with van der Waals surface area (Å²) in [5.41, 5.74) is 2.64. The second-order valence-electron chi connectivity index (χ2n) is 8.56. The van der Waals surface area contributed by atoms with Crippen LogP contribution in [0.4, 0.5) is 0 Å². The Kier molecular flexibility index (Phi) is 7.34. The fourth-order valence-corrected chi connectivity index (χ4v) is 5.12. The number of esters is 1. The van der Waals surface area contributed by atoms with Gasteiger partial charge in [0.15, 0.2) is 5.17 Å². The first-order valence-electron chi connectivity index (χ1n) is 12.0. The molecule has 2 aromatic carbocycles. The predicted octanol–water partition coefficient (Wildman–Crippen LogP) is 4.91. The van der Waals surface area contributed by atoms with Crippen LogP contribution in [0, 0.1) is 0 Å². The van der Waals surface area contributed by atoms with Crippen molar-refractivity contribution in [3.63, 3.8) is 0 Å². The molecule has 1 amide bonds. The largest absolute Gasteiger partial charge is 0.462 e. The molecule has 0 atom stereocenters. The first-order chi connectivity index (χ1) is 17.6. The number of ether oxygens (including phenoxy) is 1. The summed E-state index contributed by atoms with van der Waals surface area (Å²) in [6.45, 7) is 6.59. The standard InChI is InChI=1S/C28H27N3O4S/c1-2-34-27(33)22-10-8-21(9-11-22)24-13-12-23(35-24)18-25-26(32)29-28(36-25)31-16-14-30(15-17-31)19-20-6-4-3-5-7-20/h3-13,18H,2,14-17,19H2,1H3. The van der Waals surface area contributed by atoms with Crippen molar-refractivity contribution >= 4 is 34.9 Å². The zero-order valence-corrected chi connectivity index (χ0v) is 20.9. The Hall–Kier alpha value is -3.62. The number of benzene rings is 2. The maximum absolute atomic E-state index is 12.6. The average molecular weight is 502 g/mol. The van der Waals surface area contributed by atoms with Crippen LogP contribution in [-0.4, -0.2) is 59.6 Å². The second-order valence-corrected chi connectivity index (χ2v) is 9.57. The van der Waals surface area contributed by atoms with Gasteiger partial charge < -0.3 is 14.1 Å². The first-order valence-corrected chi connectivity index (χ1v) is 12.8. The van der Waals surface area contributed by atoms with Crippen molar-refractivity contribution in [2.45, 2.75) is 13.5 Å². The third-order valence-electron chi connectivity index (χ3n) is 6.08. The molecule has 0 N–H and O–H groups in total. The van der Waals surface area contributed by atoms with Gasteiger partial charge in [0, 0.05) is 44.4 Å². The SMILES string of the molecule is CCOC(=O)c1ccc(-c2ccc(C=C3SC(N4CCN(Cc5ccccc5)CC4)=NC3=O)o2)cc1. The van der Waals surface area contributed by atoms with Crippen LogP contribution in [-0.2, 0) is 16.1 Å². The van der Waals surface area contributed by atoms with Crippen molar-refractivity contribution in [1.82, 2.24) is 9.80 Å². The third-order valence-corrected chi connectivity index (χ3v) is 7.13. The third kappa shape index (κ3) is 5.61. The van der Waals surface area contributed by atoms with Gasteiger partial charge in [-0.2, -0.15) is 4.99 Å². The molecule has 7 nitrogen and oxygen atoms in total. The summed E-state index contributed by atoms with van der Waals surface area (Å²) in [6, 6.07) is 21.2. The maximum Gasteiger partial charge on any atom is 0.338 e. The molecule has 0 bridgehead atoms. The molecular weight excluding hydrogens is 474 g/mol. The smallest absolute Gasteiger partial charge is 0.338 e. The molecule has 3 heterocycles. The molecular formula is C28H27N3O4S. The molecule has 0 radical (unpaired) electrons. The van der Waals surface area contributed by atoms with Crippen molar-refractivity contribution < 1.29 is 18.7 Å². The van der Waals surface area contributed by atoms with Crippen LogP contribution >= 0.6 is 11.8 Å². The lowest BCUT2D eigenvalue weighted by Gasteiger charge is -2.35. The molecule has 0 saturated carbocycles. The number of amides is 1. The van der Waals surface area contributed by atoms with Crippen LogP contribution in [0.5, 0.6) is 0 Å². The van der Waals surface area contributed by atoms with Gasteiger partial charge in [-0.25, -0.2) is 4.79 Å². The Morgan fingerprint density at radius 3 is 2.50 bits per heavy atom. The molecule has 184 valence electrons. The summed E-state index contributed by atoms with van der Waals surface area (Å²) in [5.74, 6) is 0.653. The quantitative estimate of drug-likeness (QED) is 0.351. The van der Waals surface area contributed by atoms with Crippen molar-refractivity contribution in [2.24, 2.45) is 4.99 Å². The molecule has 1 aromatic heterocycles. The van der Waals surface area contributed by atoms with Crippen LogP contribution in [0.25, 0.3) is 17.4 Å². The highest BCUT2D eigenvalue weighted by Crippen LogP contribution is 2.32. The molecule has 2 aliphatic rings. The lowest BCUT2D eigenvalue weighted by molar-refractivity contribution is -0.113. The van der Waals surface area contributed by atoms with E-state index in [1.165, 1.54) is 17.3 Å². The lowest BCUT2D eigenvalue weighted by atomic mass is 10.1. The molecule has 1 fully saturated rings. The summed E-state index contributed by atoms with van der Waals surface area (Å²) in [7, 11) is 0. The molecule has 3 aromatic rings. The summed E-state index contributed by atoms with van der Waals surface area (Å²) in [5, 5.41) is 0.756. The van der Waals surface area contributed by atoms with E-state index in [0.717, 1.165) is 43.5 Å². The first kappa shape index (κ1) is 24.1. The number of hydrogen-bond donors (Lipinski definition) is 0. The normalized spacial score (nSPS) is 17.5. The number of nitrogens with zero attached hydrogens (tertiary/aromatic N) is 3. The zero-order chi connectivity index (χ0) is 24.9. The molecule has 0 aliphatic carbocycles. The van der Waals surface area contributed by atoms with Gasteiger partial charge in [-0.15, -0.1) is 0 Å². The summed E-state index contributed by atoms with van der Waals surface area (Å²) in [4.78, 5) is 33.9. The van der Waals surface area contributed by atoms with Gasteiger partial charge in [0.25, 0.3) is 5.91 Å². The predicted molar refractivity (Wildman–Crippen MR) is 141 cm³/mol. The highest BCUT2D eigenvalue weighted by molar-refractivity contribution is 8.18. The second kappa shape index (κ2) is 11.0. The Morgan fingerprint density at radius 2 is 1.78 bits per heavy atom. The monoisotopic (exact) mass is 501 g/mol. The Labute approximate surface area is 214 Å². The summed E-state index contributed by atoms with van der Waals surface area (Å²) < 4.78 is 11.0. The van der Waals surface area contributed by atoms with Crippen molar-refractivity contribution in [3.05, 3.63) is 88.5 Å². The highest BCUT2D eigenvalue weighted by atomic mass is 32.2. The molecule has 1 saturated heterocycles. The van der Waals surface area contributed by atoms with E-state index >= 15 is 0 Å². The fraction of sp³-hybridized carbons (Fsp3) is 0.250. The van der Waals surface area contributed by atoms with Gasteiger partial charge in [-0.05, 0) is 48.5 Å². The van der Waals surface area contributed by atoms with E-state index in [-0.39, 0.29) is 11.9 Å². The van der Waals surface area contributed by atoms with E-state index in [0.29, 0.717) is 28.6 Å². The Balaban J connectivity index is 1.18. The molecule has 5 rings (SSSR count). The van der Waals surface area contributed by atoms with Gasteiger partial charge in [0.05, 0.1) is 17.1 Å². The van der Waals surface area contributed by atoms with E-state index in [4.69, 9.17) is 9.15 Å². The number of carbonyl (C=O) groups excluding carboxylic acids is 2. The topological polar surface area (TPSA) is 75.3 Å². The van der Waals surface area contributed by atoms with Crippen molar-refractivity contribution in [3.8, 4) is 11.3 Å². The van der Waals surface area contributed by atoms with Crippen LogP contribution in [0.2, 0.25) is 0 Å². The highest BCUT2D eigenvalue weighted by Gasteiger charge is 2.28. The average Bonchev–Trinajstić information content (AvgIpc) is 3.52. The van der Waals surface area contributed by atoms with Gasteiger partial charge >= 0.3 is 5.97 Å². The fourth-order valence-electron chi connectivity index (χ4n) is 4.17. The molecule has 2 aliphatic heterocycles. The van der Waals surface area contributed by atoms with E-state index in [1.54, 1.807) is 25.1 Å². The van der Waals surface area contributed by atoms with E-state index in [1.807, 2.05) is 30.3 Å². The molecule has 8 heteroatoms. The van der Waals surface area contributed by atoms with Crippen molar-refractivity contribution in [1.29, 1.82) is 0 Å². The number of aliphatic imine (C=N–C) groups is 1. The van der Waals surface area contributed by atoms with Gasteiger partial charge in [0.2, 0.25) is 0 Å². The molecule has 0 unspecified atom stereocenters. The number of rotatable bonds is 6. The van der Waals surface area contributed by atoms with Gasteiger partial charge in [-0.3, -0.25) is 9.69 Å². The number of amidine groups is 1. The number of carbonyl (C=O) groups is 2. The molecule has 36 heavy (non-hydrogen) atoms. The number of thioether (sulfide) groups is 1. The Bertz CT molecular complexity index is 1290. The minimum Gasteiger partial charge on any atom is -0.462 e. The van der Waals surface area contributed by atoms with Gasteiger partial charge in [0.1, 0.15) is 11.5 Å². The van der Waals surface area contributed by atoms with Crippen LogP contribution in [0.15, 0.2) is 81.0 Å². The van der Waals surface area contributed by atoms with E-state index in [2.05, 4.69) is 39.1 Å². The van der Waals surface area contributed by atoms with Crippen LogP contribution < -0.4 is 0 Å². The number of furan rings is 1. The Morgan fingerprint density at radius 1 is 1.03 bits per heavy atom. The lowest BCUT2D eigenvalue weighted by Crippen LogP contribution is -2.47. The van der Waals surface area contributed by atoms with E-state index in [9.17, 15) is 9.59 Å². The summed E-state index contributed by atoms with van der Waals surface area (Å²) in [6.07, 6.45) is 1.74. The van der Waals surface area contributed by atoms with Crippen molar-refractivity contribution in [2.75, 3.05) is 32.8 Å². The maximum atomic E-state index is 12.6. The van der Waals surface area contributed by atoms with Crippen LogP contribution in [0.1, 0.15) is 28.6 Å². The summed E-state index contributed by atoms with van der Waals surface area (Å²) >= 11 is 1.40. The minimum atomic E-state index is -0.348.